The van der Waals surface area contributed by atoms with Gasteiger partial charge in [-0.2, -0.15) is 0 Å². The summed E-state index contributed by atoms with van der Waals surface area (Å²) in [6.45, 7) is 2.92. The Balaban J connectivity index is 2.43. The van der Waals surface area contributed by atoms with E-state index in [2.05, 4.69) is 15.9 Å². The van der Waals surface area contributed by atoms with Gasteiger partial charge in [0.2, 0.25) is 0 Å². The number of benzene rings is 1. The van der Waals surface area contributed by atoms with E-state index >= 15 is 0 Å². The van der Waals surface area contributed by atoms with E-state index in [9.17, 15) is 14.0 Å². The monoisotopic (exact) mass is 454 g/mol. The number of carbonyl (C=O) groups excluding carboxylic acids is 2. The molecule has 1 aliphatic rings. The lowest BCUT2D eigenvalue weighted by Crippen LogP contribution is -2.41. The summed E-state index contributed by atoms with van der Waals surface area (Å²) in [6, 6.07) is 2.77. The van der Waals surface area contributed by atoms with Crippen LogP contribution in [0, 0.1) is 9.39 Å². The van der Waals surface area contributed by atoms with Gasteiger partial charge < -0.3 is 9.47 Å². The summed E-state index contributed by atoms with van der Waals surface area (Å²) in [7, 11) is 0. The van der Waals surface area contributed by atoms with E-state index in [1.54, 1.807) is 6.07 Å². The molecule has 0 radical (unpaired) electrons. The van der Waals surface area contributed by atoms with Gasteiger partial charge in [0.05, 0.1) is 4.47 Å². The van der Waals surface area contributed by atoms with Crippen molar-refractivity contribution in [1.29, 1.82) is 0 Å². The molecule has 0 aromatic heterocycles. The highest BCUT2D eigenvalue weighted by Gasteiger charge is 2.38. The minimum Gasteiger partial charge on any atom is -0.419 e. The van der Waals surface area contributed by atoms with Crippen molar-refractivity contribution in [1.82, 2.24) is 0 Å². The Morgan fingerprint density at radius 3 is 2.35 bits per heavy atom. The Morgan fingerprint density at radius 2 is 1.80 bits per heavy atom. The van der Waals surface area contributed by atoms with E-state index < -0.39 is 23.5 Å². The Morgan fingerprint density at radius 1 is 1.25 bits per heavy atom. The van der Waals surface area contributed by atoms with E-state index in [0.717, 1.165) is 0 Å². The fraction of sp³-hybridized carbons (Fsp3) is 0.231. The first kappa shape index (κ1) is 15.4. The molecule has 0 unspecified atom stereocenters. The summed E-state index contributed by atoms with van der Waals surface area (Å²) in [4.78, 5) is 23.6. The van der Waals surface area contributed by atoms with Gasteiger partial charge in [-0.15, -0.1) is 0 Å². The minimum absolute atomic E-state index is 0.260. The maximum Gasteiger partial charge on any atom is 0.348 e. The SMILES string of the molecule is CC1(C)OC(=O)C(=Cc2cc(F)c(Br)cc2I)C(=O)O1. The standard InChI is InChI=1S/C13H9BrFIO4/c1-13(2)19-11(17)7(12(18)20-13)3-6-4-9(15)8(14)5-10(6)16/h3-5H,1-2H3. The largest absolute Gasteiger partial charge is 0.419 e. The molecule has 1 heterocycles. The Bertz CT molecular complexity index is 618. The van der Waals surface area contributed by atoms with Crippen molar-refractivity contribution in [2.75, 3.05) is 0 Å². The van der Waals surface area contributed by atoms with Crippen molar-refractivity contribution < 1.29 is 23.5 Å². The summed E-state index contributed by atoms with van der Waals surface area (Å²) >= 11 is 5.03. The van der Waals surface area contributed by atoms with Gasteiger partial charge in [0, 0.05) is 17.4 Å². The van der Waals surface area contributed by atoms with Gasteiger partial charge in [0.1, 0.15) is 11.4 Å². The molecule has 0 aliphatic carbocycles. The molecule has 7 heteroatoms. The number of ether oxygens (including phenoxy) is 2. The van der Waals surface area contributed by atoms with Crippen LogP contribution < -0.4 is 0 Å². The van der Waals surface area contributed by atoms with Crippen molar-refractivity contribution in [3.05, 3.63) is 37.1 Å². The summed E-state index contributed by atoms with van der Waals surface area (Å²) in [5.41, 5.74) is 0.138. The molecule has 4 nitrogen and oxygen atoms in total. The van der Waals surface area contributed by atoms with Crippen molar-refractivity contribution in [3.63, 3.8) is 0 Å². The zero-order valence-corrected chi connectivity index (χ0v) is 14.2. The molecule has 0 bridgehead atoms. The summed E-state index contributed by atoms with van der Waals surface area (Å²) < 4.78 is 24.4. The molecule has 1 aliphatic heterocycles. The number of carbonyl (C=O) groups is 2. The highest BCUT2D eigenvalue weighted by atomic mass is 127. The Hall–Kier alpha value is -0.960. The quantitative estimate of drug-likeness (QED) is 0.214. The molecule has 0 saturated carbocycles. The highest BCUT2D eigenvalue weighted by molar-refractivity contribution is 14.1. The number of hydrogen-bond donors (Lipinski definition) is 0. The van der Waals surface area contributed by atoms with Crippen molar-refractivity contribution in [2.45, 2.75) is 19.6 Å². The molecule has 0 spiro atoms. The van der Waals surface area contributed by atoms with Crippen LogP contribution in [0.3, 0.4) is 0 Å². The highest BCUT2D eigenvalue weighted by Crippen LogP contribution is 2.27. The summed E-state index contributed by atoms with van der Waals surface area (Å²) in [5.74, 6) is -3.35. The van der Waals surface area contributed by atoms with Crippen LogP contribution >= 0.6 is 38.5 Å². The fourth-order valence-electron chi connectivity index (χ4n) is 1.58. The van der Waals surface area contributed by atoms with Gasteiger partial charge in [-0.1, -0.05) is 0 Å². The molecule has 0 N–H and O–H groups in total. The third-order valence-electron chi connectivity index (χ3n) is 2.46. The van der Waals surface area contributed by atoms with Crippen molar-refractivity contribution >= 4 is 56.5 Å². The zero-order chi connectivity index (χ0) is 15.1. The van der Waals surface area contributed by atoms with Crippen LogP contribution in [0.15, 0.2) is 22.2 Å². The van der Waals surface area contributed by atoms with Gasteiger partial charge in [-0.3, -0.25) is 0 Å². The molecule has 1 aromatic carbocycles. The lowest BCUT2D eigenvalue weighted by Gasteiger charge is -2.29. The van der Waals surface area contributed by atoms with E-state index in [1.807, 2.05) is 22.6 Å². The van der Waals surface area contributed by atoms with E-state index in [0.29, 0.717) is 13.6 Å². The van der Waals surface area contributed by atoms with Crippen LogP contribution in [-0.4, -0.2) is 17.7 Å². The van der Waals surface area contributed by atoms with Crippen molar-refractivity contribution in [3.8, 4) is 0 Å². The molecular formula is C13H9BrFIO4. The van der Waals surface area contributed by atoms with Crippen LogP contribution in [0.1, 0.15) is 19.4 Å². The van der Waals surface area contributed by atoms with Gasteiger partial charge in [0.25, 0.3) is 5.79 Å². The van der Waals surface area contributed by atoms with Crippen LogP contribution in [0.25, 0.3) is 6.08 Å². The molecular weight excluding hydrogens is 446 g/mol. The zero-order valence-electron chi connectivity index (χ0n) is 10.5. The van der Waals surface area contributed by atoms with Gasteiger partial charge >= 0.3 is 11.9 Å². The molecule has 1 aromatic rings. The van der Waals surface area contributed by atoms with Crippen molar-refractivity contribution in [2.24, 2.45) is 0 Å². The number of cyclic esters (lactones) is 2. The maximum absolute atomic E-state index is 13.5. The fourth-order valence-corrected chi connectivity index (χ4v) is 2.98. The molecule has 1 saturated heterocycles. The van der Waals surface area contributed by atoms with Gasteiger partial charge in [-0.05, 0) is 62.3 Å². The molecule has 106 valence electrons. The van der Waals surface area contributed by atoms with Gasteiger partial charge in [0.15, 0.2) is 0 Å². The predicted molar refractivity (Wildman–Crippen MR) is 81.1 cm³/mol. The molecule has 0 amide bonds. The number of halogens is 3. The van der Waals surface area contributed by atoms with E-state index in [1.165, 1.54) is 26.0 Å². The van der Waals surface area contributed by atoms with E-state index in [4.69, 9.17) is 9.47 Å². The van der Waals surface area contributed by atoms with Crippen LogP contribution in [0.2, 0.25) is 0 Å². The Labute approximate surface area is 136 Å². The third kappa shape index (κ3) is 3.20. The number of esters is 2. The lowest BCUT2D eigenvalue weighted by molar-refractivity contribution is -0.222. The molecule has 1 fully saturated rings. The molecule has 2 rings (SSSR count). The first-order chi connectivity index (χ1) is 9.19. The smallest absolute Gasteiger partial charge is 0.348 e. The first-order valence-corrected chi connectivity index (χ1v) is 7.40. The molecule has 20 heavy (non-hydrogen) atoms. The second kappa shape index (κ2) is 5.44. The topological polar surface area (TPSA) is 52.6 Å². The predicted octanol–water partition coefficient (Wildman–Crippen LogP) is 3.41. The maximum atomic E-state index is 13.5. The van der Waals surface area contributed by atoms with Crippen LogP contribution in [0.5, 0.6) is 0 Å². The van der Waals surface area contributed by atoms with E-state index in [-0.39, 0.29) is 5.57 Å². The summed E-state index contributed by atoms with van der Waals surface area (Å²) in [5, 5.41) is 0. The first-order valence-electron chi connectivity index (χ1n) is 5.52. The number of hydrogen-bond acceptors (Lipinski definition) is 4. The second-order valence-electron chi connectivity index (χ2n) is 4.52. The summed E-state index contributed by atoms with van der Waals surface area (Å²) in [6.07, 6.45) is 1.26. The van der Waals surface area contributed by atoms with Gasteiger partial charge in [-0.25, -0.2) is 14.0 Å². The average molecular weight is 455 g/mol. The van der Waals surface area contributed by atoms with Crippen LogP contribution in [0.4, 0.5) is 4.39 Å². The third-order valence-corrected chi connectivity index (χ3v) is 4.00. The second-order valence-corrected chi connectivity index (χ2v) is 6.54. The lowest BCUT2D eigenvalue weighted by atomic mass is 10.1. The minimum atomic E-state index is -1.29. The average Bonchev–Trinajstić information content (AvgIpc) is 2.28. The normalized spacial score (nSPS) is 17.6. The number of rotatable bonds is 1. The Kier molecular flexibility index (Phi) is 4.19. The van der Waals surface area contributed by atoms with Crippen LogP contribution in [-0.2, 0) is 19.1 Å². The molecule has 0 atom stereocenters.